The lowest BCUT2D eigenvalue weighted by Gasteiger charge is -2.16. The third kappa shape index (κ3) is 1.68. The first kappa shape index (κ1) is 10.3. The molecule has 2 heterocycles. The van der Waals surface area contributed by atoms with Gasteiger partial charge in [0.15, 0.2) is 5.75 Å². The molecule has 3 rings (SSSR count). The Hall–Kier alpha value is -1.88. The second kappa shape index (κ2) is 3.85. The Morgan fingerprint density at radius 1 is 0.941 bits per heavy atom. The fourth-order valence-electron chi connectivity index (χ4n) is 1.74. The molecule has 88 valence electrons. The van der Waals surface area contributed by atoms with E-state index in [0.29, 0.717) is 24.7 Å². The van der Waals surface area contributed by atoms with Crippen molar-refractivity contribution >= 4 is 11.3 Å². The van der Waals surface area contributed by atoms with E-state index in [1.54, 1.807) is 24.3 Å². The van der Waals surface area contributed by atoms with Crippen LogP contribution in [-0.2, 0) is 0 Å². The molecule has 0 unspecified atom stereocenters. The molecule has 17 heavy (non-hydrogen) atoms. The Kier molecular flexibility index (Phi) is 2.33. The van der Waals surface area contributed by atoms with E-state index in [9.17, 15) is 10.2 Å². The van der Waals surface area contributed by atoms with Crippen LogP contribution in [0.5, 0.6) is 22.3 Å². The topological polar surface area (TPSA) is 58.9 Å². The molecule has 0 atom stereocenters. The highest BCUT2D eigenvalue weighted by Gasteiger charge is 2.24. The van der Waals surface area contributed by atoms with Gasteiger partial charge in [0.05, 0.1) is 4.88 Å². The zero-order valence-electron chi connectivity index (χ0n) is 8.84. The number of rotatable bonds is 1. The van der Waals surface area contributed by atoms with E-state index in [1.165, 1.54) is 11.3 Å². The van der Waals surface area contributed by atoms with E-state index in [4.69, 9.17) is 9.47 Å². The molecule has 0 fully saturated rings. The predicted octanol–water partition coefficient (Wildman–Crippen LogP) is 2.60. The van der Waals surface area contributed by atoms with Crippen molar-refractivity contribution in [1.29, 1.82) is 0 Å². The zero-order valence-corrected chi connectivity index (χ0v) is 9.66. The van der Waals surface area contributed by atoms with Crippen molar-refractivity contribution < 1.29 is 19.7 Å². The molecular weight excluding hydrogens is 240 g/mol. The highest BCUT2D eigenvalue weighted by atomic mass is 32.1. The highest BCUT2D eigenvalue weighted by Crippen LogP contribution is 2.53. The van der Waals surface area contributed by atoms with Crippen LogP contribution in [0.3, 0.4) is 0 Å². The maximum atomic E-state index is 9.76. The average molecular weight is 250 g/mol. The summed E-state index contributed by atoms with van der Waals surface area (Å²) >= 11 is 1.21. The summed E-state index contributed by atoms with van der Waals surface area (Å²) in [5.41, 5.74) is 0.884. The predicted molar refractivity (Wildman–Crippen MR) is 64.1 cm³/mol. The van der Waals surface area contributed by atoms with E-state index < -0.39 is 0 Å². The smallest absolute Gasteiger partial charge is 0.219 e. The highest BCUT2D eigenvalue weighted by molar-refractivity contribution is 7.18. The van der Waals surface area contributed by atoms with E-state index in [-0.39, 0.29) is 10.8 Å². The SMILES string of the molecule is Oc1ccc(-c2sc(O)c3c2OCCO3)cc1. The van der Waals surface area contributed by atoms with Gasteiger partial charge in [-0.3, -0.25) is 0 Å². The van der Waals surface area contributed by atoms with Gasteiger partial charge in [-0.05, 0) is 29.8 Å². The number of ether oxygens (including phenoxy) is 2. The molecule has 1 aromatic carbocycles. The lowest BCUT2D eigenvalue weighted by molar-refractivity contribution is 0.169. The summed E-state index contributed by atoms with van der Waals surface area (Å²) in [6, 6.07) is 6.75. The molecule has 5 heteroatoms. The van der Waals surface area contributed by atoms with Crippen LogP contribution in [0.1, 0.15) is 0 Å². The molecule has 0 saturated heterocycles. The van der Waals surface area contributed by atoms with E-state index in [2.05, 4.69) is 0 Å². The van der Waals surface area contributed by atoms with Crippen LogP contribution < -0.4 is 9.47 Å². The number of hydrogen-bond donors (Lipinski definition) is 2. The second-order valence-electron chi connectivity index (χ2n) is 3.64. The molecule has 2 N–H and O–H groups in total. The molecule has 0 radical (unpaired) electrons. The maximum Gasteiger partial charge on any atom is 0.219 e. The van der Waals surface area contributed by atoms with Crippen LogP contribution in [0, 0.1) is 0 Å². The van der Waals surface area contributed by atoms with Crippen LogP contribution in [0.4, 0.5) is 0 Å². The van der Waals surface area contributed by atoms with Gasteiger partial charge in [0, 0.05) is 0 Å². The molecule has 2 aromatic rings. The van der Waals surface area contributed by atoms with Gasteiger partial charge in [-0.15, -0.1) is 0 Å². The van der Waals surface area contributed by atoms with Crippen molar-refractivity contribution in [1.82, 2.24) is 0 Å². The van der Waals surface area contributed by atoms with E-state index in [1.807, 2.05) is 0 Å². The van der Waals surface area contributed by atoms with Crippen molar-refractivity contribution in [2.24, 2.45) is 0 Å². The maximum absolute atomic E-state index is 9.76. The average Bonchev–Trinajstić information content (AvgIpc) is 2.69. The van der Waals surface area contributed by atoms with Gasteiger partial charge in [-0.2, -0.15) is 0 Å². The molecule has 1 aliphatic heterocycles. The van der Waals surface area contributed by atoms with Gasteiger partial charge in [0.2, 0.25) is 10.8 Å². The summed E-state index contributed by atoms with van der Waals surface area (Å²) in [4.78, 5) is 0.817. The van der Waals surface area contributed by atoms with Crippen LogP contribution in [0.25, 0.3) is 10.4 Å². The van der Waals surface area contributed by atoms with Crippen LogP contribution in [0.15, 0.2) is 24.3 Å². The first-order chi connectivity index (χ1) is 8.25. The Morgan fingerprint density at radius 3 is 2.29 bits per heavy atom. The second-order valence-corrected chi connectivity index (χ2v) is 4.64. The molecule has 0 bridgehead atoms. The summed E-state index contributed by atoms with van der Waals surface area (Å²) in [7, 11) is 0. The molecular formula is C12H10O4S. The van der Waals surface area contributed by atoms with E-state index >= 15 is 0 Å². The van der Waals surface area contributed by atoms with E-state index in [0.717, 1.165) is 10.4 Å². The minimum Gasteiger partial charge on any atom is -0.508 e. The van der Waals surface area contributed by atoms with Gasteiger partial charge in [0.1, 0.15) is 19.0 Å². The number of hydrogen-bond acceptors (Lipinski definition) is 5. The summed E-state index contributed by atoms with van der Waals surface area (Å²) in [5, 5.41) is 19.1. The molecule has 1 aromatic heterocycles. The summed E-state index contributed by atoms with van der Waals surface area (Å²) < 4.78 is 10.9. The molecule has 0 spiro atoms. The number of benzene rings is 1. The lowest BCUT2D eigenvalue weighted by Crippen LogP contribution is -2.14. The van der Waals surface area contributed by atoms with Crippen LogP contribution >= 0.6 is 11.3 Å². The van der Waals surface area contributed by atoms with Crippen molar-refractivity contribution in [3.8, 4) is 32.8 Å². The zero-order chi connectivity index (χ0) is 11.8. The largest absolute Gasteiger partial charge is 0.508 e. The molecule has 0 amide bonds. The lowest BCUT2D eigenvalue weighted by atomic mass is 10.1. The summed E-state index contributed by atoms with van der Waals surface area (Å²) in [6.45, 7) is 0.931. The molecule has 1 aliphatic rings. The van der Waals surface area contributed by atoms with Gasteiger partial charge in [-0.1, -0.05) is 11.3 Å². The number of thiophene rings is 1. The molecule has 0 aliphatic carbocycles. The quantitative estimate of drug-likeness (QED) is 0.816. The first-order valence-electron chi connectivity index (χ1n) is 5.16. The van der Waals surface area contributed by atoms with Crippen LogP contribution in [0.2, 0.25) is 0 Å². The van der Waals surface area contributed by atoms with Gasteiger partial charge >= 0.3 is 0 Å². The van der Waals surface area contributed by atoms with Crippen molar-refractivity contribution in [2.75, 3.05) is 13.2 Å². The first-order valence-corrected chi connectivity index (χ1v) is 5.98. The van der Waals surface area contributed by atoms with Gasteiger partial charge in [-0.25, -0.2) is 0 Å². The van der Waals surface area contributed by atoms with Gasteiger partial charge in [0.25, 0.3) is 0 Å². The number of phenolic OH excluding ortho intramolecular Hbond substituents is 1. The summed E-state index contributed by atoms with van der Waals surface area (Å²) in [6.07, 6.45) is 0. The Bertz CT molecular complexity index is 544. The Morgan fingerprint density at radius 2 is 1.59 bits per heavy atom. The molecule has 4 nitrogen and oxygen atoms in total. The fraction of sp³-hybridized carbons (Fsp3) is 0.167. The monoisotopic (exact) mass is 250 g/mol. The third-order valence-corrected chi connectivity index (χ3v) is 3.52. The van der Waals surface area contributed by atoms with Crippen LogP contribution in [-0.4, -0.2) is 23.4 Å². The van der Waals surface area contributed by atoms with Gasteiger partial charge < -0.3 is 19.7 Å². The Labute approximate surface area is 102 Å². The standard InChI is InChI=1S/C12H10O4S/c13-8-3-1-7(2-4-8)11-9-10(12(14)17-11)16-6-5-15-9/h1-4,13-14H,5-6H2. The fourth-order valence-corrected chi connectivity index (χ4v) is 2.67. The summed E-state index contributed by atoms with van der Waals surface area (Å²) in [5.74, 6) is 1.22. The minimum atomic E-state index is 0.128. The Balaban J connectivity index is 2.11. The van der Waals surface area contributed by atoms with Crippen molar-refractivity contribution in [2.45, 2.75) is 0 Å². The number of fused-ring (bicyclic) bond motifs is 1. The third-order valence-electron chi connectivity index (χ3n) is 2.51. The number of aromatic hydroxyl groups is 2. The minimum absolute atomic E-state index is 0.128. The normalized spacial score (nSPS) is 13.6. The molecule has 0 saturated carbocycles. The van der Waals surface area contributed by atoms with Crippen molar-refractivity contribution in [3.05, 3.63) is 24.3 Å². The van der Waals surface area contributed by atoms with Crippen molar-refractivity contribution in [3.63, 3.8) is 0 Å². The number of phenols is 1.